The van der Waals surface area contributed by atoms with Crippen molar-refractivity contribution in [3.63, 3.8) is 0 Å². The van der Waals surface area contributed by atoms with Gasteiger partial charge in [0, 0.05) is 0 Å². The predicted octanol–water partition coefficient (Wildman–Crippen LogP) is 4.95. The van der Waals surface area contributed by atoms with Crippen LogP contribution in [0.4, 0.5) is 46.5 Å². The minimum atomic E-state index is -2.16. The first kappa shape index (κ1) is 18.4. The van der Waals surface area contributed by atoms with Crippen LogP contribution < -0.4 is 5.73 Å². The number of hydrogen-bond acceptors (Lipinski definition) is 3. The Balaban J connectivity index is 2.69. The maximum absolute atomic E-state index is 13.6. The Morgan fingerprint density at radius 2 is 0.920 bits per heavy atom. The van der Waals surface area contributed by atoms with E-state index in [1.165, 1.54) is 0 Å². The van der Waals surface area contributed by atoms with Gasteiger partial charge in [0.25, 0.3) is 0 Å². The first-order valence-electron chi connectivity index (χ1n) is 6.12. The average Bonchev–Trinajstić information content (AvgIpc) is 2.59. The van der Waals surface area contributed by atoms with Gasteiger partial charge in [-0.25, -0.2) is 35.1 Å². The minimum absolute atomic E-state index is 0.113. The van der Waals surface area contributed by atoms with Crippen molar-refractivity contribution < 1.29 is 35.1 Å². The molecule has 0 atom stereocenters. The van der Waals surface area contributed by atoms with Crippen LogP contribution in [0.5, 0.6) is 0 Å². The highest BCUT2D eigenvalue weighted by molar-refractivity contribution is 5.73. The predicted molar refractivity (Wildman–Crippen MR) is 71.3 cm³/mol. The van der Waals surface area contributed by atoms with Crippen molar-refractivity contribution in [2.75, 3.05) is 5.73 Å². The Kier molecular flexibility index (Phi) is 4.77. The molecular weight excluding hydrogens is 364 g/mol. The lowest BCUT2D eigenvalue weighted by atomic mass is 10.1. The lowest BCUT2D eigenvalue weighted by Crippen LogP contribution is -2.05. The van der Waals surface area contributed by atoms with Crippen LogP contribution in [0.1, 0.15) is 11.1 Å². The van der Waals surface area contributed by atoms with Gasteiger partial charge < -0.3 is 5.73 Å². The number of benzene rings is 2. The van der Waals surface area contributed by atoms with Crippen molar-refractivity contribution >= 4 is 23.5 Å². The van der Waals surface area contributed by atoms with Gasteiger partial charge in [-0.1, -0.05) is 0 Å². The van der Waals surface area contributed by atoms with Crippen LogP contribution in [0.2, 0.25) is 0 Å². The number of nitrogens with two attached hydrogens (primary N) is 1. The van der Waals surface area contributed by atoms with E-state index < -0.39 is 69.0 Å². The van der Waals surface area contributed by atoms with Crippen molar-refractivity contribution in [2.24, 2.45) is 5.18 Å². The summed E-state index contributed by atoms with van der Waals surface area (Å²) >= 11 is 0. The molecule has 2 aromatic carbocycles. The Labute approximate surface area is 133 Å². The van der Waals surface area contributed by atoms with Crippen LogP contribution in [-0.2, 0) is 0 Å². The third-order valence-electron chi connectivity index (χ3n) is 3.11. The van der Waals surface area contributed by atoms with Gasteiger partial charge in [-0.2, -0.15) is 0 Å². The molecule has 25 heavy (non-hydrogen) atoms. The molecule has 0 saturated carbocycles. The van der Waals surface area contributed by atoms with Crippen LogP contribution >= 0.6 is 0 Å². The van der Waals surface area contributed by atoms with Crippen molar-refractivity contribution in [3.8, 4) is 0 Å². The highest BCUT2D eigenvalue weighted by Crippen LogP contribution is 2.32. The summed E-state index contributed by atoms with van der Waals surface area (Å²) in [7, 11) is 0. The summed E-state index contributed by atoms with van der Waals surface area (Å²) in [5, 5.41) is 1.77. The smallest absolute Gasteiger partial charge is 0.191 e. The Morgan fingerprint density at radius 3 is 1.24 bits per heavy atom. The molecule has 132 valence electrons. The number of rotatable bonds is 3. The van der Waals surface area contributed by atoms with Crippen molar-refractivity contribution in [1.29, 1.82) is 0 Å². The largest absolute Gasteiger partial charge is 0.394 e. The van der Waals surface area contributed by atoms with Crippen LogP contribution in [0.3, 0.4) is 0 Å². The van der Waals surface area contributed by atoms with Crippen molar-refractivity contribution in [3.05, 3.63) is 62.6 Å². The van der Waals surface area contributed by atoms with E-state index in [0.717, 1.165) is 0 Å². The SMILES string of the molecule is Nc1c(F)c(F)c(/C=C/c2c(F)c(F)c(N=O)c(F)c2F)c(F)c1F. The number of nitroso groups, excluding NO2 is 1. The molecule has 3 nitrogen and oxygen atoms in total. The average molecular weight is 368 g/mol. The molecule has 0 radical (unpaired) electrons. The van der Waals surface area contributed by atoms with E-state index in [-0.39, 0.29) is 12.2 Å². The molecule has 0 unspecified atom stereocenters. The second-order valence-corrected chi connectivity index (χ2v) is 4.53. The summed E-state index contributed by atoms with van der Waals surface area (Å²) in [6, 6.07) is 0. The minimum Gasteiger partial charge on any atom is -0.394 e. The molecule has 2 aromatic rings. The molecule has 0 aliphatic rings. The molecule has 0 spiro atoms. The van der Waals surface area contributed by atoms with E-state index in [1.54, 1.807) is 5.18 Å². The number of halogens is 8. The van der Waals surface area contributed by atoms with E-state index in [4.69, 9.17) is 5.73 Å². The van der Waals surface area contributed by atoms with E-state index in [9.17, 15) is 40.0 Å². The maximum Gasteiger partial charge on any atom is 0.191 e. The van der Waals surface area contributed by atoms with Gasteiger partial charge in [-0.15, -0.1) is 4.91 Å². The zero-order valence-corrected chi connectivity index (χ0v) is 11.6. The molecule has 2 rings (SSSR count). The highest BCUT2D eigenvalue weighted by atomic mass is 19.2. The molecule has 0 saturated heterocycles. The first-order chi connectivity index (χ1) is 11.6. The monoisotopic (exact) mass is 368 g/mol. The Hall–Kier alpha value is -2.98. The summed E-state index contributed by atoms with van der Waals surface area (Å²) < 4.78 is 108. The molecule has 0 amide bonds. The number of hydrogen-bond donors (Lipinski definition) is 1. The van der Waals surface area contributed by atoms with E-state index in [1.807, 2.05) is 0 Å². The fourth-order valence-corrected chi connectivity index (χ4v) is 1.84. The van der Waals surface area contributed by atoms with Gasteiger partial charge in [0.1, 0.15) is 5.69 Å². The molecular formula is C14H4F8N2O. The maximum atomic E-state index is 13.6. The summed E-state index contributed by atoms with van der Waals surface area (Å²) in [5.74, 6) is -16.5. The lowest BCUT2D eigenvalue weighted by Gasteiger charge is -2.07. The van der Waals surface area contributed by atoms with Crippen LogP contribution in [0.25, 0.3) is 12.2 Å². The molecule has 0 aromatic heterocycles. The second kappa shape index (κ2) is 6.49. The Bertz CT molecular complexity index is 868. The number of nitrogen functional groups attached to an aromatic ring is 1. The summed E-state index contributed by atoms with van der Waals surface area (Å²) in [5.41, 5.74) is -1.43. The lowest BCUT2D eigenvalue weighted by molar-refractivity contribution is 0.454. The molecule has 0 fully saturated rings. The van der Waals surface area contributed by atoms with Gasteiger partial charge in [-0.05, 0) is 17.3 Å². The van der Waals surface area contributed by atoms with E-state index >= 15 is 0 Å². The molecule has 0 bridgehead atoms. The molecule has 0 aliphatic carbocycles. The number of nitrogens with zero attached hydrogens (tertiary/aromatic N) is 1. The standard InChI is InChI=1S/C14H4F8N2O/c15-5-3(6(16)10(20)13(23)9(5)19)1-2-4-7(17)11(21)14(24-25)12(22)8(4)18/h1-2H,23H2/b2-1+. The molecule has 0 aliphatic heterocycles. The van der Waals surface area contributed by atoms with Crippen molar-refractivity contribution in [2.45, 2.75) is 0 Å². The van der Waals surface area contributed by atoms with E-state index in [0.29, 0.717) is 0 Å². The van der Waals surface area contributed by atoms with Gasteiger partial charge in [0.15, 0.2) is 52.2 Å². The number of anilines is 1. The highest BCUT2D eigenvalue weighted by Gasteiger charge is 2.26. The van der Waals surface area contributed by atoms with Crippen molar-refractivity contribution in [1.82, 2.24) is 0 Å². The second-order valence-electron chi connectivity index (χ2n) is 4.53. The fourth-order valence-electron chi connectivity index (χ4n) is 1.84. The normalized spacial score (nSPS) is 11.4. The van der Waals surface area contributed by atoms with Crippen LogP contribution in [0, 0.1) is 51.4 Å². The Morgan fingerprint density at radius 1 is 0.600 bits per heavy atom. The molecule has 0 heterocycles. The topological polar surface area (TPSA) is 55.4 Å². The zero-order valence-electron chi connectivity index (χ0n) is 11.6. The van der Waals surface area contributed by atoms with Gasteiger partial charge in [-0.3, -0.25) is 0 Å². The van der Waals surface area contributed by atoms with E-state index in [2.05, 4.69) is 0 Å². The summed E-state index contributed by atoms with van der Waals surface area (Å²) in [6.45, 7) is 0. The van der Waals surface area contributed by atoms with Crippen LogP contribution in [0.15, 0.2) is 5.18 Å². The zero-order chi connectivity index (χ0) is 19.0. The summed E-state index contributed by atoms with van der Waals surface area (Å²) in [6.07, 6.45) is 0.243. The first-order valence-corrected chi connectivity index (χ1v) is 6.12. The van der Waals surface area contributed by atoms with Gasteiger partial charge >= 0.3 is 0 Å². The van der Waals surface area contributed by atoms with Gasteiger partial charge in [0.05, 0.1) is 11.1 Å². The molecule has 2 N–H and O–H groups in total. The third-order valence-corrected chi connectivity index (χ3v) is 3.11. The quantitative estimate of drug-likeness (QED) is 0.274. The van der Waals surface area contributed by atoms with Crippen LogP contribution in [-0.4, -0.2) is 0 Å². The molecule has 11 heteroatoms. The van der Waals surface area contributed by atoms with Gasteiger partial charge in [0.2, 0.25) is 0 Å². The fraction of sp³-hybridized carbons (Fsp3) is 0. The summed E-state index contributed by atoms with van der Waals surface area (Å²) in [4.78, 5) is 10.2. The third kappa shape index (κ3) is 2.81.